The van der Waals surface area contributed by atoms with E-state index in [-0.39, 0.29) is 11.9 Å². The molecule has 170 valence electrons. The first-order chi connectivity index (χ1) is 15.5. The van der Waals surface area contributed by atoms with Gasteiger partial charge in [-0.05, 0) is 30.7 Å². The number of rotatable bonds is 4. The molecule has 0 saturated carbocycles. The first kappa shape index (κ1) is 21.5. The van der Waals surface area contributed by atoms with Gasteiger partial charge in [-0.2, -0.15) is 4.98 Å². The lowest BCUT2D eigenvalue weighted by Crippen LogP contribution is -2.47. The molecule has 1 amide bonds. The first-order valence-corrected chi connectivity index (χ1v) is 12.7. The van der Waals surface area contributed by atoms with E-state index in [4.69, 9.17) is 21.6 Å². The number of benzene rings is 1. The average Bonchev–Trinajstić information content (AvgIpc) is 3.18. The highest BCUT2D eigenvalue weighted by atomic mass is 35.5. The van der Waals surface area contributed by atoms with Crippen LogP contribution >= 0.6 is 11.6 Å². The fourth-order valence-corrected chi connectivity index (χ4v) is 6.00. The Hall–Kier alpha value is -2.39. The number of hydrogen-bond acceptors (Lipinski definition) is 7. The number of piperazine rings is 1. The largest absolute Gasteiger partial charge is 0.368 e. The zero-order valence-electron chi connectivity index (χ0n) is 18.1. The number of aromatic nitrogens is 2. The van der Waals surface area contributed by atoms with Crippen LogP contribution in [-0.2, 0) is 22.0 Å². The Kier molecular flexibility index (Phi) is 5.94. The minimum absolute atomic E-state index is 0.101. The van der Waals surface area contributed by atoms with Gasteiger partial charge in [-0.25, -0.2) is 4.98 Å². The van der Waals surface area contributed by atoms with Gasteiger partial charge in [0.1, 0.15) is 10.7 Å². The molecule has 2 fully saturated rings. The second-order valence-electron chi connectivity index (χ2n) is 8.55. The summed E-state index contributed by atoms with van der Waals surface area (Å²) in [4.78, 5) is 28.5. The molecule has 4 heterocycles. The summed E-state index contributed by atoms with van der Waals surface area (Å²) in [6.45, 7) is 3.98. The molecule has 1 aromatic carbocycles. The summed E-state index contributed by atoms with van der Waals surface area (Å²) >= 11 is 6.02. The Bertz CT molecular complexity index is 1040. The van der Waals surface area contributed by atoms with E-state index in [1.165, 1.54) is 0 Å². The van der Waals surface area contributed by atoms with Crippen LogP contribution in [0.25, 0.3) is 0 Å². The van der Waals surface area contributed by atoms with Crippen molar-refractivity contribution in [3.63, 3.8) is 0 Å². The number of hydrogen-bond donors (Lipinski definition) is 1. The number of halogens is 1. The van der Waals surface area contributed by atoms with Crippen LogP contribution in [0.1, 0.15) is 18.5 Å². The molecule has 3 aliphatic heterocycles. The standard InChI is InChI=1S/C22H27ClN6O2S/c1-27-14-16(4-7-19(27)30)24-21-20-18(8-13-32(20)31)25-22(26-21)29-11-9-28(10-12-29)17-5-2-15(23)3-6-17/h2-3,5-6,16H,4,7-14H2,1H3,(H,24,25,26)/t16-,32?/m1/s1. The number of aryl methyl sites for hydroxylation is 1. The maximum atomic E-state index is 12.7. The molecule has 2 saturated heterocycles. The minimum Gasteiger partial charge on any atom is -0.368 e. The third-order valence-electron chi connectivity index (χ3n) is 6.40. The quantitative estimate of drug-likeness (QED) is 0.727. The van der Waals surface area contributed by atoms with E-state index in [1.807, 2.05) is 31.3 Å². The Morgan fingerprint density at radius 3 is 2.50 bits per heavy atom. The molecular formula is C22H27ClN6O2S. The average molecular weight is 475 g/mol. The number of nitrogens with one attached hydrogen (secondary N) is 1. The van der Waals surface area contributed by atoms with Crippen molar-refractivity contribution in [3.05, 3.63) is 35.0 Å². The normalized spacial score (nSPS) is 23.4. The molecule has 0 radical (unpaired) electrons. The summed E-state index contributed by atoms with van der Waals surface area (Å²) in [5, 5.41) is 4.23. The van der Waals surface area contributed by atoms with Crippen LogP contribution in [0.15, 0.2) is 29.2 Å². The van der Waals surface area contributed by atoms with Gasteiger partial charge in [-0.1, -0.05) is 11.6 Å². The third-order valence-corrected chi connectivity index (χ3v) is 8.11. The number of piperidine rings is 1. The minimum atomic E-state index is -1.08. The highest BCUT2D eigenvalue weighted by Gasteiger charge is 2.31. The van der Waals surface area contributed by atoms with Crippen LogP contribution in [0.3, 0.4) is 0 Å². The lowest BCUT2D eigenvalue weighted by atomic mass is 10.1. The van der Waals surface area contributed by atoms with Crippen molar-refractivity contribution in [2.45, 2.75) is 30.2 Å². The number of carbonyl (C=O) groups excluding carboxylic acids is 1. The summed E-state index contributed by atoms with van der Waals surface area (Å²) in [5.74, 6) is 2.13. The first-order valence-electron chi connectivity index (χ1n) is 11.0. The molecule has 32 heavy (non-hydrogen) atoms. The Morgan fingerprint density at radius 1 is 1.06 bits per heavy atom. The van der Waals surface area contributed by atoms with E-state index in [2.05, 4.69) is 15.1 Å². The van der Waals surface area contributed by atoms with Gasteiger partial charge in [0.05, 0.1) is 16.5 Å². The van der Waals surface area contributed by atoms with Crippen molar-refractivity contribution in [1.82, 2.24) is 14.9 Å². The number of nitrogens with zero attached hydrogens (tertiary/aromatic N) is 5. The van der Waals surface area contributed by atoms with Crippen LogP contribution in [0.5, 0.6) is 0 Å². The molecule has 1 unspecified atom stereocenters. The molecule has 5 rings (SSSR count). The summed E-state index contributed by atoms with van der Waals surface area (Å²) in [5.41, 5.74) is 2.05. The Labute approximate surface area is 195 Å². The molecule has 0 bridgehead atoms. The smallest absolute Gasteiger partial charge is 0.227 e. The number of fused-ring (bicyclic) bond motifs is 1. The highest BCUT2D eigenvalue weighted by molar-refractivity contribution is 7.85. The topological polar surface area (TPSA) is 81.7 Å². The molecule has 2 aromatic rings. The van der Waals surface area contributed by atoms with Gasteiger partial charge in [-0.3, -0.25) is 9.00 Å². The Balaban J connectivity index is 1.34. The van der Waals surface area contributed by atoms with Crippen LogP contribution in [-0.4, -0.2) is 76.6 Å². The van der Waals surface area contributed by atoms with Crippen molar-refractivity contribution in [3.8, 4) is 0 Å². The maximum Gasteiger partial charge on any atom is 0.227 e. The number of anilines is 3. The van der Waals surface area contributed by atoms with E-state index in [1.54, 1.807) is 4.90 Å². The second kappa shape index (κ2) is 8.86. The van der Waals surface area contributed by atoms with Gasteiger partial charge in [0.25, 0.3) is 0 Å². The summed E-state index contributed by atoms with van der Waals surface area (Å²) in [6, 6.07) is 8.03. The zero-order valence-corrected chi connectivity index (χ0v) is 19.7. The van der Waals surface area contributed by atoms with E-state index >= 15 is 0 Å². The lowest BCUT2D eigenvalue weighted by Gasteiger charge is -2.36. The van der Waals surface area contributed by atoms with Crippen molar-refractivity contribution >= 4 is 45.8 Å². The van der Waals surface area contributed by atoms with Crippen LogP contribution in [0, 0.1) is 0 Å². The maximum absolute atomic E-state index is 12.7. The van der Waals surface area contributed by atoms with Gasteiger partial charge in [0, 0.05) is 75.1 Å². The molecule has 8 nitrogen and oxygen atoms in total. The van der Waals surface area contributed by atoms with E-state index in [9.17, 15) is 9.00 Å². The highest BCUT2D eigenvalue weighted by Crippen LogP contribution is 2.31. The molecule has 2 atom stereocenters. The Morgan fingerprint density at radius 2 is 1.78 bits per heavy atom. The van der Waals surface area contributed by atoms with Gasteiger partial charge < -0.3 is 20.0 Å². The van der Waals surface area contributed by atoms with Crippen LogP contribution in [0.4, 0.5) is 17.5 Å². The van der Waals surface area contributed by atoms with E-state index < -0.39 is 10.8 Å². The molecule has 10 heteroatoms. The van der Waals surface area contributed by atoms with Crippen molar-refractivity contribution in [1.29, 1.82) is 0 Å². The van der Waals surface area contributed by atoms with Crippen LogP contribution in [0.2, 0.25) is 5.02 Å². The molecule has 1 aromatic heterocycles. The van der Waals surface area contributed by atoms with Crippen molar-refractivity contribution < 1.29 is 9.00 Å². The third kappa shape index (κ3) is 4.28. The van der Waals surface area contributed by atoms with Gasteiger partial charge in [0.2, 0.25) is 11.9 Å². The fourth-order valence-electron chi connectivity index (χ4n) is 4.56. The van der Waals surface area contributed by atoms with Gasteiger partial charge >= 0.3 is 0 Å². The number of likely N-dealkylation sites (N-methyl/N-ethyl adjacent to an activating group) is 1. The SMILES string of the molecule is CN1C[C@H](Nc2nc(N3CCN(c4ccc(Cl)cc4)CC3)nc3c2S(=O)CC3)CCC1=O. The van der Waals surface area contributed by atoms with E-state index in [0.29, 0.717) is 36.9 Å². The summed E-state index contributed by atoms with van der Waals surface area (Å²) in [6.07, 6.45) is 1.98. The molecule has 3 aliphatic rings. The van der Waals surface area contributed by atoms with Crippen molar-refractivity contribution in [2.24, 2.45) is 0 Å². The fraction of sp³-hybridized carbons (Fsp3) is 0.500. The zero-order chi connectivity index (χ0) is 22.2. The monoisotopic (exact) mass is 474 g/mol. The molecular weight excluding hydrogens is 448 g/mol. The van der Waals surface area contributed by atoms with Gasteiger partial charge in [-0.15, -0.1) is 0 Å². The molecule has 0 spiro atoms. The number of likely N-dealkylation sites (tertiary alicyclic amines) is 1. The predicted octanol–water partition coefficient (Wildman–Crippen LogP) is 2.15. The number of amides is 1. The second-order valence-corrected chi connectivity index (χ2v) is 10.5. The van der Waals surface area contributed by atoms with Gasteiger partial charge in [0.15, 0.2) is 0 Å². The lowest BCUT2D eigenvalue weighted by molar-refractivity contribution is -0.132. The number of carbonyl (C=O) groups is 1. The predicted molar refractivity (Wildman–Crippen MR) is 127 cm³/mol. The summed E-state index contributed by atoms with van der Waals surface area (Å²) in [7, 11) is 0.743. The van der Waals surface area contributed by atoms with Crippen LogP contribution < -0.4 is 15.1 Å². The molecule has 0 aliphatic carbocycles. The van der Waals surface area contributed by atoms with Crippen molar-refractivity contribution in [2.75, 3.05) is 60.6 Å². The van der Waals surface area contributed by atoms with E-state index in [0.717, 1.165) is 53.9 Å². The summed E-state index contributed by atoms with van der Waals surface area (Å²) < 4.78 is 12.7. The molecule has 1 N–H and O–H groups in total.